The molecule has 0 unspecified atom stereocenters. The summed E-state index contributed by atoms with van der Waals surface area (Å²) in [4.78, 5) is 14.8. The molecule has 0 saturated heterocycles. The van der Waals surface area contributed by atoms with Crippen LogP contribution >= 0.6 is 15.9 Å². The van der Waals surface area contributed by atoms with Crippen molar-refractivity contribution in [1.82, 2.24) is 4.98 Å². The second-order valence-electron chi connectivity index (χ2n) is 4.65. The molecule has 0 aliphatic rings. The van der Waals surface area contributed by atoms with Crippen molar-refractivity contribution in [2.24, 2.45) is 0 Å². The number of rotatable bonds is 3. The third-order valence-electron chi connectivity index (χ3n) is 3.01. The highest BCUT2D eigenvalue weighted by Crippen LogP contribution is 2.24. The van der Waals surface area contributed by atoms with E-state index in [4.69, 9.17) is 10.2 Å². The first-order valence-electron chi connectivity index (χ1n) is 6.33. The van der Waals surface area contributed by atoms with Gasteiger partial charge in [-0.2, -0.15) is 0 Å². The molecular weight excluding hydrogens is 386 g/mol. The first kappa shape index (κ1) is 15.5. The van der Waals surface area contributed by atoms with Gasteiger partial charge in [0.15, 0.2) is 0 Å². The van der Waals surface area contributed by atoms with E-state index in [2.05, 4.69) is 25.6 Å². The number of halogens is 1. The van der Waals surface area contributed by atoms with Crippen LogP contribution in [-0.4, -0.2) is 13.4 Å². The first-order valence-corrected chi connectivity index (χ1v) is 8.60. The first-order chi connectivity index (χ1) is 10.8. The summed E-state index contributed by atoms with van der Waals surface area (Å²) in [5.74, 6) is -0.104. The monoisotopic (exact) mass is 395 g/mol. The Balaban J connectivity index is 2.01. The number of fused-ring (bicyclic) bond motifs is 1. The molecule has 7 nitrogen and oxygen atoms in total. The minimum Gasteiger partial charge on any atom is -0.423 e. The van der Waals surface area contributed by atoms with Crippen molar-refractivity contribution in [2.45, 2.75) is 4.90 Å². The fourth-order valence-corrected chi connectivity index (χ4v) is 3.63. The molecule has 3 N–H and O–H groups in total. The van der Waals surface area contributed by atoms with E-state index in [1.165, 1.54) is 30.5 Å². The van der Waals surface area contributed by atoms with Gasteiger partial charge in [0.05, 0.1) is 0 Å². The highest BCUT2D eigenvalue weighted by molar-refractivity contribution is 9.10. The number of hydrogen-bond acceptors (Lipinski definition) is 6. The molecule has 9 heteroatoms. The molecule has 0 radical (unpaired) electrons. The van der Waals surface area contributed by atoms with Gasteiger partial charge in [-0.05, 0) is 46.3 Å². The fraction of sp³-hybridized carbons (Fsp3) is 0. The highest BCUT2D eigenvalue weighted by atomic mass is 79.9. The van der Waals surface area contributed by atoms with E-state index in [-0.39, 0.29) is 10.7 Å². The number of nitrogens with two attached hydrogens (primary N) is 1. The van der Waals surface area contributed by atoms with Crippen LogP contribution in [0, 0.1) is 0 Å². The van der Waals surface area contributed by atoms with Crippen molar-refractivity contribution >= 4 is 48.4 Å². The van der Waals surface area contributed by atoms with Crippen molar-refractivity contribution in [2.75, 3.05) is 10.5 Å². The largest absolute Gasteiger partial charge is 0.423 e. The lowest BCUT2D eigenvalue weighted by molar-refractivity contribution is 0.561. The summed E-state index contributed by atoms with van der Waals surface area (Å²) in [5, 5.41) is 0.588. The van der Waals surface area contributed by atoms with Gasteiger partial charge in [0.1, 0.15) is 16.3 Å². The van der Waals surface area contributed by atoms with Crippen molar-refractivity contribution in [3.05, 3.63) is 57.5 Å². The Morgan fingerprint density at radius 3 is 2.74 bits per heavy atom. The zero-order valence-corrected chi connectivity index (χ0v) is 13.9. The molecule has 0 atom stereocenters. The summed E-state index contributed by atoms with van der Waals surface area (Å²) in [6.07, 6.45) is 1.41. The Morgan fingerprint density at radius 1 is 1.17 bits per heavy atom. The molecule has 0 amide bonds. The standard InChI is InChI=1S/C14H10BrN3O4S/c15-9-6-12(14(16)17-7-9)23(20,21)18-10-2-3-11-8(5-10)1-4-13(19)22-11/h1-7,18H,(H2,16,17). The van der Waals surface area contributed by atoms with Crippen molar-refractivity contribution in [1.29, 1.82) is 0 Å². The molecule has 0 aliphatic heterocycles. The van der Waals surface area contributed by atoms with Gasteiger partial charge in [-0.25, -0.2) is 18.2 Å². The molecule has 2 heterocycles. The summed E-state index contributed by atoms with van der Waals surface area (Å²) in [6.45, 7) is 0. The lowest BCUT2D eigenvalue weighted by atomic mass is 10.2. The van der Waals surface area contributed by atoms with Crippen LogP contribution in [0.15, 0.2) is 61.2 Å². The smallest absolute Gasteiger partial charge is 0.336 e. The van der Waals surface area contributed by atoms with Gasteiger partial charge in [0.25, 0.3) is 10.0 Å². The van der Waals surface area contributed by atoms with Crippen LogP contribution in [0.3, 0.4) is 0 Å². The Hall–Kier alpha value is -2.39. The lowest BCUT2D eigenvalue weighted by Crippen LogP contribution is -2.15. The zero-order valence-electron chi connectivity index (χ0n) is 11.5. The minimum absolute atomic E-state index is 0.104. The van der Waals surface area contributed by atoms with E-state index in [0.717, 1.165) is 0 Å². The Bertz CT molecular complexity index is 1060. The van der Waals surface area contributed by atoms with Crippen molar-refractivity contribution < 1.29 is 12.8 Å². The second kappa shape index (κ2) is 5.67. The van der Waals surface area contributed by atoms with Gasteiger partial charge in [-0.3, -0.25) is 4.72 Å². The van der Waals surface area contributed by atoms with E-state index in [1.54, 1.807) is 12.1 Å². The molecule has 1 aromatic carbocycles. The molecule has 0 saturated carbocycles. The minimum atomic E-state index is -3.90. The Kier molecular flexibility index (Phi) is 3.82. The number of nitrogens with zero attached hydrogens (tertiary/aromatic N) is 1. The fourth-order valence-electron chi connectivity index (χ4n) is 1.99. The maximum Gasteiger partial charge on any atom is 0.336 e. The number of aromatic nitrogens is 1. The number of benzene rings is 1. The summed E-state index contributed by atoms with van der Waals surface area (Å²) < 4.78 is 32.8. The van der Waals surface area contributed by atoms with Gasteiger partial charge in [0.2, 0.25) is 0 Å². The van der Waals surface area contributed by atoms with Crippen LogP contribution in [0.2, 0.25) is 0 Å². The van der Waals surface area contributed by atoms with Gasteiger partial charge in [-0.15, -0.1) is 0 Å². The number of pyridine rings is 1. The van der Waals surface area contributed by atoms with Crippen LogP contribution in [0.5, 0.6) is 0 Å². The number of anilines is 2. The number of nitrogen functional groups attached to an aromatic ring is 1. The molecular formula is C14H10BrN3O4S. The van der Waals surface area contributed by atoms with E-state index < -0.39 is 15.6 Å². The van der Waals surface area contributed by atoms with E-state index >= 15 is 0 Å². The van der Waals surface area contributed by atoms with E-state index in [1.807, 2.05) is 0 Å². The Labute approximate surface area is 139 Å². The predicted molar refractivity (Wildman–Crippen MR) is 89.6 cm³/mol. The third-order valence-corrected chi connectivity index (χ3v) is 4.85. The molecule has 0 spiro atoms. The maximum absolute atomic E-state index is 12.4. The van der Waals surface area contributed by atoms with E-state index in [0.29, 0.717) is 21.1 Å². The molecule has 3 rings (SSSR count). The quantitative estimate of drug-likeness (QED) is 0.657. The molecule has 0 fully saturated rings. The summed E-state index contributed by atoms with van der Waals surface area (Å²) in [5.41, 5.74) is 5.84. The molecule has 118 valence electrons. The Morgan fingerprint density at radius 2 is 1.96 bits per heavy atom. The topological polar surface area (TPSA) is 115 Å². The predicted octanol–water partition coefficient (Wildman–Crippen LogP) is 2.33. The lowest BCUT2D eigenvalue weighted by Gasteiger charge is -2.10. The maximum atomic E-state index is 12.4. The normalized spacial score (nSPS) is 11.5. The third kappa shape index (κ3) is 3.20. The number of nitrogens with one attached hydrogen (secondary N) is 1. The average molecular weight is 396 g/mol. The summed E-state index contributed by atoms with van der Waals surface area (Å²) >= 11 is 3.16. The SMILES string of the molecule is Nc1ncc(Br)cc1S(=O)(=O)Nc1ccc2oc(=O)ccc2c1. The van der Waals surface area contributed by atoms with Crippen LogP contribution in [-0.2, 0) is 10.0 Å². The average Bonchev–Trinajstić information content (AvgIpc) is 2.49. The number of sulfonamides is 1. The van der Waals surface area contributed by atoms with Gasteiger partial charge >= 0.3 is 5.63 Å². The van der Waals surface area contributed by atoms with Gasteiger partial charge < -0.3 is 10.2 Å². The van der Waals surface area contributed by atoms with Gasteiger partial charge in [-0.1, -0.05) is 0 Å². The highest BCUT2D eigenvalue weighted by Gasteiger charge is 2.19. The molecule has 23 heavy (non-hydrogen) atoms. The van der Waals surface area contributed by atoms with Crippen LogP contribution in [0.1, 0.15) is 0 Å². The number of hydrogen-bond donors (Lipinski definition) is 2. The molecule has 3 aromatic rings. The molecule has 0 bridgehead atoms. The van der Waals surface area contributed by atoms with Gasteiger partial charge in [0, 0.05) is 27.8 Å². The molecule has 2 aromatic heterocycles. The zero-order chi connectivity index (χ0) is 16.6. The second-order valence-corrected chi connectivity index (χ2v) is 7.22. The van der Waals surface area contributed by atoms with E-state index in [9.17, 15) is 13.2 Å². The summed E-state index contributed by atoms with van der Waals surface area (Å²) in [6, 6.07) is 8.73. The van der Waals surface area contributed by atoms with Crippen LogP contribution in [0.4, 0.5) is 11.5 Å². The van der Waals surface area contributed by atoms with Crippen LogP contribution in [0.25, 0.3) is 11.0 Å². The van der Waals surface area contributed by atoms with Crippen LogP contribution < -0.4 is 16.1 Å². The summed E-state index contributed by atoms with van der Waals surface area (Å²) in [7, 11) is -3.90. The van der Waals surface area contributed by atoms with Crippen molar-refractivity contribution in [3.8, 4) is 0 Å². The molecule has 0 aliphatic carbocycles. The van der Waals surface area contributed by atoms with Crippen molar-refractivity contribution in [3.63, 3.8) is 0 Å².